The molecule has 0 aliphatic heterocycles. The van der Waals surface area contributed by atoms with Crippen molar-refractivity contribution >= 4 is 11.0 Å². The number of hydrogen-bond donors (Lipinski definition) is 0. The number of para-hydroxylation sites is 1. The predicted octanol–water partition coefficient (Wildman–Crippen LogP) is 2.89. The number of benzene rings is 1. The standard InChI is InChI=1S/C17H18N4O/c1-4-10-20-15(12(2)3)19-16-14(17(20)22)11-18-21(16)13-8-6-5-7-9-13/h4-9,11-12H,1,10H2,2-3H3. The van der Waals surface area contributed by atoms with Gasteiger partial charge in [0.25, 0.3) is 5.56 Å². The highest BCUT2D eigenvalue weighted by Crippen LogP contribution is 2.17. The SMILES string of the molecule is C=CCn1c(C(C)C)nc2c(cnn2-c2ccccc2)c1=O. The second-order valence-electron chi connectivity index (χ2n) is 5.46. The van der Waals surface area contributed by atoms with E-state index < -0.39 is 0 Å². The highest BCUT2D eigenvalue weighted by Gasteiger charge is 2.17. The van der Waals surface area contributed by atoms with Crippen LogP contribution in [0.4, 0.5) is 0 Å². The molecule has 0 unspecified atom stereocenters. The molecule has 2 aromatic heterocycles. The van der Waals surface area contributed by atoms with E-state index in [9.17, 15) is 4.79 Å². The first-order chi connectivity index (χ1) is 10.6. The van der Waals surface area contributed by atoms with Gasteiger partial charge in [-0.3, -0.25) is 9.36 Å². The van der Waals surface area contributed by atoms with E-state index in [1.165, 1.54) is 0 Å². The summed E-state index contributed by atoms with van der Waals surface area (Å²) < 4.78 is 3.37. The third-order valence-corrected chi connectivity index (χ3v) is 3.55. The lowest BCUT2D eigenvalue weighted by atomic mass is 10.2. The molecule has 0 atom stereocenters. The number of hydrogen-bond acceptors (Lipinski definition) is 3. The van der Waals surface area contributed by atoms with Crippen molar-refractivity contribution in [1.82, 2.24) is 19.3 Å². The molecule has 112 valence electrons. The molecule has 0 amide bonds. The number of allylic oxidation sites excluding steroid dienone is 1. The maximum atomic E-state index is 12.7. The lowest BCUT2D eigenvalue weighted by Crippen LogP contribution is -2.25. The topological polar surface area (TPSA) is 52.7 Å². The van der Waals surface area contributed by atoms with Crippen LogP contribution in [0, 0.1) is 0 Å². The molecular formula is C17H18N4O. The third kappa shape index (κ3) is 2.24. The second-order valence-corrected chi connectivity index (χ2v) is 5.46. The Morgan fingerprint density at radius 3 is 2.64 bits per heavy atom. The molecule has 1 aromatic carbocycles. The number of nitrogens with zero attached hydrogens (tertiary/aromatic N) is 4. The van der Waals surface area contributed by atoms with Gasteiger partial charge >= 0.3 is 0 Å². The number of rotatable bonds is 4. The fourth-order valence-corrected chi connectivity index (χ4v) is 2.52. The lowest BCUT2D eigenvalue weighted by molar-refractivity contribution is 0.640. The molecule has 2 heterocycles. The Bertz CT molecular complexity index is 875. The lowest BCUT2D eigenvalue weighted by Gasteiger charge is -2.13. The zero-order chi connectivity index (χ0) is 15.7. The van der Waals surface area contributed by atoms with E-state index in [2.05, 4.69) is 11.7 Å². The third-order valence-electron chi connectivity index (χ3n) is 3.55. The van der Waals surface area contributed by atoms with E-state index in [4.69, 9.17) is 4.98 Å². The molecule has 0 saturated carbocycles. The molecule has 0 radical (unpaired) electrons. The van der Waals surface area contributed by atoms with Gasteiger partial charge in [-0.1, -0.05) is 38.1 Å². The van der Waals surface area contributed by atoms with Gasteiger partial charge in [-0.15, -0.1) is 6.58 Å². The van der Waals surface area contributed by atoms with Gasteiger partial charge in [0.05, 0.1) is 11.9 Å². The van der Waals surface area contributed by atoms with Crippen LogP contribution in [-0.2, 0) is 6.54 Å². The Morgan fingerprint density at radius 1 is 1.27 bits per heavy atom. The van der Waals surface area contributed by atoms with Gasteiger partial charge in [-0.25, -0.2) is 9.67 Å². The van der Waals surface area contributed by atoms with E-state index in [1.54, 1.807) is 21.5 Å². The average molecular weight is 294 g/mol. The summed E-state index contributed by atoms with van der Waals surface area (Å²) in [4.78, 5) is 17.4. The Hall–Kier alpha value is -2.69. The van der Waals surface area contributed by atoms with Crippen molar-refractivity contribution in [1.29, 1.82) is 0 Å². The van der Waals surface area contributed by atoms with Crippen molar-refractivity contribution in [2.45, 2.75) is 26.3 Å². The predicted molar refractivity (Wildman–Crippen MR) is 87.4 cm³/mol. The van der Waals surface area contributed by atoms with Gasteiger partial charge in [0, 0.05) is 12.5 Å². The van der Waals surface area contributed by atoms with Gasteiger partial charge in [-0.2, -0.15) is 5.10 Å². The fourth-order valence-electron chi connectivity index (χ4n) is 2.52. The first-order valence-corrected chi connectivity index (χ1v) is 7.28. The quantitative estimate of drug-likeness (QED) is 0.695. The minimum Gasteiger partial charge on any atom is -0.292 e. The van der Waals surface area contributed by atoms with Gasteiger partial charge in [0.15, 0.2) is 5.65 Å². The van der Waals surface area contributed by atoms with Crippen molar-refractivity contribution in [2.24, 2.45) is 0 Å². The highest BCUT2D eigenvalue weighted by molar-refractivity contribution is 5.75. The Balaban J connectivity index is 2.33. The van der Waals surface area contributed by atoms with Gasteiger partial charge in [-0.05, 0) is 12.1 Å². The van der Waals surface area contributed by atoms with Crippen LogP contribution in [0.25, 0.3) is 16.7 Å². The molecule has 5 heteroatoms. The Kier molecular flexibility index (Phi) is 3.63. The van der Waals surface area contributed by atoms with E-state index in [0.717, 1.165) is 11.5 Å². The molecule has 0 fully saturated rings. The molecule has 5 nitrogen and oxygen atoms in total. The summed E-state index contributed by atoms with van der Waals surface area (Å²) in [5.74, 6) is 0.881. The van der Waals surface area contributed by atoms with Gasteiger partial charge in [0.2, 0.25) is 0 Å². The van der Waals surface area contributed by atoms with Crippen molar-refractivity contribution < 1.29 is 0 Å². The molecular weight excluding hydrogens is 276 g/mol. The van der Waals surface area contributed by atoms with Gasteiger partial charge < -0.3 is 0 Å². The fraction of sp³-hybridized carbons (Fsp3) is 0.235. The molecule has 0 spiro atoms. The van der Waals surface area contributed by atoms with Crippen LogP contribution in [0.3, 0.4) is 0 Å². The van der Waals surface area contributed by atoms with E-state index >= 15 is 0 Å². The molecule has 0 bridgehead atoms. The zero-order valence-electron chi connectivity index (χ0n) is 12.7. The maximum Gasteiger partial charge on any atom is 0.264 e. The summed E-state index contributed by atoms with van der Waals surface area (Å²) in [5, 5.41) is 4.87. The van der Waals surface area contributed by atoms with Crippen molar-refractivity contribution in [3.8, 4) is 5.69 Å². The molecule has 3 aromatic rings. The minimum absolute atomic E-state index is 0.0734. The van der Waals surface area contributed by atoms with Crippen molar-refractivity contribution in [3.05, 3.63) is 65.4 Å². The zero-order valence-corrected chi connectivity index (χ0v) is 12.7. The minimum atomic E-state index is -0.0734. The number of fused-ring (bicyclic) bond motifs is 1. The van der Waals surface area contributed by atoms with Crippen molar-refractivity contribution in [3.63, 3.8) is 0 Å². The summed E-state index contributed by atoms with van der Waals surface area (Å²) in [6, 6.07) is 9.70. The normalized spacial score (nSPS) is 11.2. The Morgan fingerprint density at radius 2 is 2.00 bits per heavy atom. The van der Waals surface area contributed by atoms with E-state index in [0.29, 0.717) is 17.6 Å². The van der Waals surface area contributed by atoms with Crippen LogP contribution < -0.4 is 5.56 Å². The highest BCUT2D eigenvalue weighted by atomic mass is 16.1. The molecule has 0 aliphatic carbocycles. The van der Waals surface area contributed by atoms with E-state index in [1.807, 2.05) is 44.2 Å². The second kappa shape index (κ2) is 5.60. The van der Waals surface area contributed by atoms with Crippen LogP contribution in [0.1, 0.15) is 25.6 Å². The molecule has 3 rings (SSSR count). The summed E-state index contributed by atoms with van der Waals surface area (Å²) in [5.41, 5.74) is 1.41. The summed E-state index contributed by atoms with van der Waals surface area (Å²) in [6.07, 6.45) is 3.30. The monoisotopic (exact) mass is 294 g/mol. The maximum absolute atomic E-state index is 12.7. The molecule has 0 saturated heterocycles. The first-order valence-electron chi connectivity index (χ1n) is 7.28. The van der Waals surface area contributed by atoms with Crippen LogP contribution in [0.15, 0.2) is 54.0 Å². The van der Waals surface area contributed by atoms with Crippen molar-refractivity contribution in [2.75, 3.05) is 0 Å². The summed E-state index contributed by atoms with van der Waals surface area (Å²) in [6.45, 7) is 8.22. The molecule has 0 aliphatic rings. The first kappa shape index (κ1) is 14.3. The largest absolute Gasteiger partial charge is 0.292 e. The van der Waals surface area contributed by atoms with Gasteiger partial charge in [0.1, 0.15) is 11.2 Å². The van der Waals surface area contributed by atoms with E-state index in [-0.39, 0.29) is 11.5 Å². The summed E-state index contributed by atoms with van der Waals surface area (Å²) >= 11 is 0. The summed E-state index contributed by atoms with van der Waals surface area (Å²) in [7, 11) is 0. The molecule has 0 N–H and O–H groups in total. The number of aromatic nitrogens is 4. The van der Waals surface area contributed by atoms with Crippen LogP contribution in [0.2, 0.25) is 0 Å². The average Bonchev–Trinajstić information content (AvgIpc) is 2.95. The smallest absolute Gasteiger partial charge is 0.264 e. The van der Waals surface area contributed by atoms with Crippen LogP contribution >= 0.6 is 0 Å². The molecule has 22 heavy (non-hydrogen) atoms. The Labute approximate surface area is 128 Å². The van der Waals surface area contributed by atoms with Crippen LogP contribution in [0.5, 0.6) is 0 Å². The van der Waals surface area contributed by atoms with Crippen LogP contribution in [-0.4, -0.2) is 19.3 Å².